The molecule has 4 rings (SSSR count). The van der Waals surface area contributed by atoms with Gasteiger partial charge in [0.15, 0.2) is 4.32 Å². The van der Waals surface area contributed by atoms with Crippen molar-refractivity contribution in [2.75, 3.05) is 18.1 Å². The smallest absolute Gasteiger partial charge is 0.338 e. The number of benzene rings is 2. The number of thiocarbonyl (C=S) groups is 1. The second-order valence-corrected chi connectivity index (χ2v) is 9.05. The lowest BCUT2D eigenvalue weighted by Gasteiger charge is -2.15. The molecule has 33 heavy (non-hydrogen) atoms. The number of halogens is 1. The van der Waals surface area contributed by atoms with Gasteiger partial charge in [-0.05, 0) is 42.5 Å². The first-order valence-electron chi connectivity index (χ1n) is 9.98. The van der Waals surface area contributed by atoms with Gasteiger partial charge in [0.1, 0.15) is 11.5 Å². The second kappa shape index (κ2) is 10.4. The molecule has 0 radical (unpaired) electrons. The third-order valence-electron chi connectivity index (χ3n) is 4.71. The number of esters is 1. The summed E-state index contributed by atoms with van der Waals surface area (Å²) in [7, 11) is 0. The summed E-state index contributed by atoms with van der Waals surface area (Å²) < 4.78 is 11.3. The highest BCUT2D eigenvalue weighted by atomic mass is 35.5. The van der Waals surface area contributed by atoms with E-state index >= 15 is 0 Å². The molecule has 0 aliphatic carbocycles. The minimum absolute atomic E-state index is 0.0637. The Labute approximate surface area is 204 Å². The molecule has 2 heterocycles. The molecule has 6 nitrogen and oxygen atoms in total. The second-order valence-electron chi connectivity index (χ2n) is 6.96. The zero-order valence-corrected chi connectivity index (χ0v) is 19.6. The van der Waals surface area contributed by atoms with Crippen LogP contribution in [0, 0.1) is 0 Å². The van der Waals surface area contributed by atoms with Gasteiger partial charge in [-0.1, -0.05) is 53.8 Å². The highest BCUT2D eigenvalue weighted by molar-refractivity contribution is 8.27. The Hall–Kier alpha value is -2.91. The molecule has 0 spiro atoms. The number of carbonyl (C=O) groups excluding carboxylic acids is 2. The van der Waals surface area contributed by atoms with Gasteiger partial charge in [0.25, 0.3) is 5.91 Å². The molecule has 3 aromatic rings. The van der Waals surface area contributed by atoms with Gasteiger partial charge >= 0.3 is 5.97 Å². The maximum atomic E-state index is 13.1. The molecule has 2 aromatic carbocycles. The van der Waals surface area contributed by atoms with Crippen LogP contribution in [0.15, 0.2) is 70.0 Å². The van der Waals surface area contributed by atoms with E-state index in [2.05, 4.69) is 0 Å². The standard InChI is InChI=1S/C24H18ClNO5S2/c25-19-8-2-1-7-18(19)20-10-9-17(31-20)14-21-22(28)26(24(32)33-21)16-6-3-5-15(13-16)23(29)30-12-4-11-27/h1-3,5-10,13-14,27H,4,11-12H2/b21-14-. The molecule has 0 unspecified atom stereocenters. The maximum absolute atomic E-state index is 13.1. The van der Waals surface area contributed by atoms with Crippen LogP contribution >= 0.6 is 35.6 Å². The Bertz CT molecular complexity index is 1250. The molecule has 1 N–H and O–H groups in total. The number of furan rings is 1. The first-order chi connectivity index (χ1) is 16.0. The number of hydrogen-bond acceptors (Lipinski definition) is 7. The van der Waals surface area contributed by atoms with E-state index in [1.807, 2.05) is 18.2 Å². The van der Waals surface area contributed by atoms with Crippen molar-refractivity contribution >= 4 is 63.5 Å². The summed E-state index contributed by atoms with van der Waals surface area (Å²) >= 11 is 12.8. The van der Waals surface area contributed by atoms with Gasteiger partial charge in [0.2, 0.25) is 0 Å². The van der Waals surface area contributed by atoms with Crippen molar-refractivity contribution in [3.05, 3.63) is 81.9 Å². The SMILES string of the molecule is O=C(OCCCO)c1cccc(N2C(=O)/C(=C/c3ccc(-c4ccccc4Cl)o3)SC2=S)c1. The van der Waals surface area contributed by atoms with E-state index in [4.69, 9.17) is 38.1 Å². The first kappa shape index (κ1) is 23.3. The highest BCUT2D eigenvalue weighted by Crippen LogP contribution is 2.37. The van der Waals surface area contributed by atoms with E-state index < -0.39 is 5.97 Å². The van der Waals surface area contributed by atoms with Crippen molar-refractivity contribution in [2.24, 2.45) is 0 Å². The van der Waals surface area contributed by atoms with Crippen LogP contribution in [-0.2, 0) is 9.53 Å². The number of hydrogen-bond donors (Lipinski definition) is 1. The Kier molecular flexibility index (Phi) is 7.29. The van der Waals surface area contributed by atoms with E-state index in [-0.39, 0.29) is 19.1 Å². The van der Waals surface area contributed by atoms with E-state index in [9.17, 15) is 9.59 Å². The van der Waals surface area contributed by atoms with Crippen LogP contribution in [0.2, 0.25) is 5.02 Å². The lowest BCUT2D eigenvalue weighted by molar-refractivity contribution is -0.113. The molecule has 1 aliphatic rings. The molecule has 9 heteroatoms. The van der Waals surface area contributed by atoms with Crippen LogP contribution in [0.4, 0.5) is 5.69 Å². The van der Waals surface area contributed by atoms with Gasteiger partial charge in [0, 0.05) is 24.7 Å². The molecule has 168 valence electrons. The Morgan fingerprint density at radius 1 is 1.18 bits per heavy atom. The van der Waals surface area contributed by atoms with Crippen molar-refractivity contribution in [3.63, 3.8) is 0 Å². The van der Waals surface area contributed by atoms with Crippen molar-refractivity contribution in [1.82, 2.24) is 0 Å². The average Bonchev–Trinajstić information content (AvgIpc) is 3.38. The lowest BCUT2D eigenvalue weighted by Crippen LogP contribution is -2.27. The van der Waals surface area contributed by atoms with Crippen LogP contribution in [-0.4, -0.2) is 34.5 Å². The largest absolute Gasteiger partial charge is 0.462 e. The van der Waals surface area contributed by atoms with E-state index in [0.29, 0.717) is 43.4 Å². The Balaban J connectivity index is 1.54. The minimum Gasteiger partial charge on any atom is -0.462 e. The predicted octanol–water partition coefficient (Wildman–Crippen LogP) is 5.55. The van der Waals surface area contributed by atoms with Gasteiger partial charge in [-0.3, -0.25) is 9.69 Å². The van der Waals surface area contributed by atoms with Crippen molar-refractivity contribution in [3.8, 4) is 11.3 Å². The van der Waals surface area contributed by atoms with Gasteiger partial charge in [-0.15, -0.1) is 0 Å². The lowest BCUT2D eigenvalue weighted by atomic mass is 10.2. The fourth-order valence-corrected chi connectivity index (χ4v) is 4.65. The monoisotopic (exact) mass is 499 g/mol. The summed E-state index contributed by atoms with van der Waals surface area (Å²) in [5.41, 5.74) is 1.52. The van der Waals surface area contributed by atoms with Gasteiger partial charge < -0.3 is 14.3 Å². The molecule has 1 amide bonds. The summed E-state index contributed by atoms with van der Waals surface area (Å²) in [6.45, 7) is 0.0500. The van der Waals surface area contributed by atoms with Crippen LogP contribution in [0.25, 0.3) is 17.4 Å². The van der Waals surface area contributed by atoms with Crippen LogP contribution in [0.5, 0.6) is 0 Å². The first-order valence-corrected chi connectivity index (χ1v) is 11.6. The van der Waals surface area contributed by atoms with Crippen LogP contribution in [0.1, 0.15) is 22.5 Å². The fourth-order valence-electron chi connectivity index (χ4n) is 3.14. The normalized spacial score (nSPS) is 14.8. The Morgan fingerprint density at radius 3 is 2.79 bits per heavy atom. The minimum atomic E-state index is -0.533. The number of amides is 1. The van der Waals surface area contributed by atoms with Crippen molar-refractivity contribution in [2.45, 2.75) is 6.42 Å². The molecule has 1 fully saturated rings. The third kappa shape index (κ3) is 5.20. The maximum Gasteiger partial charge on any atom is 0.338 e. The van der Waals surface area contributed by atoms with Gasteiger partial charge in [-0.25, -0.2) is 4.79 Å². The fraction of sp³-hybridized carbons (Fsp3) is 0.125. The number of anilines is 1. The number of thioether (sulfide) groups is 1. The number of aliphatic hydroxyl groups is 1. The number of rotatable bonds is 7. The number of aliphatic hydroxyl groups excluding tert-OH is 1. The summed E-state index contributed by atoms with van der Waals surface area (Å²) in [6.07, 6.45) is 1.99. The molecular formula is C24H18ClNO5S2. The van der Waals surface area contributed by atoms with Gasteiger partial charge in [-0.2, -0.15) is 0 Å². The van der Waals surface area contributed by atoms with E-state index in [1.165, 1.54) is 4.90 Å². The number of nitrogens with zero attached hydrogens (tertiary/aromatic N) is 1. The molecule has 1 saturated heterocycles. The molecule has 0 bridgehead atoms. The number of carbonyl (C=O) groups is 2. The Morgan fingerprint density at radius 2 is 2.00 bits per heavy atom. The summed E-state index contributed by atoms with van der Waals surface area (Å²) in [6, 6.07) is 17.4. The van der Waals surface area contributed by atoms with Gasteiger partial charge in [0.05, 0.1) is 27.8 Å². The predicted molar refractivity (Wildman–Crippen MR) is 133 cm³/mol. The topological polar surface area (TPSA) is 80.0 Å². The number of ether oxygens (including phenoxy) is 1. The molecule has 1 aliphatic heterocycles. The van der Waals surface area contributed by atoms with Crippen LogP contribution in [0.3, 0.4) is 0 Å². The molecule has 0 atom stereocenters. The van der Waals surface area contributed by atoms with Crippen molar-refractivity contribution < 1.29 is 23.8 Å². The zero-order valence-electron chi connectivity index (χ0n) is 17.2. The van der Waals surface area contributed by atoms with Crippen molar-refractivity contribution in [1.29, 1.82) is 0 Å². The highest BCUT2D eigenvalue weighted by Gasteiger charge is 2.34. The van der Waals surface area contributed by atoms with Crippen LogP contribution < -0.4 is 4.90 Å². The van der Waals surface area contributed by atoms with E-state index in [1.54, 1.807) is 48.5 Å². The zero-order chi connectivity index (χ0) is 23.4. The molecular weight excluding hydrogens is 482 g/mol. The summed E-state index contributed by atoms with van der Waals surface area (Å²) in [4.78, 5) is 27.1. The quantitative estimate of drug-likeness (QED) is 0.198. The average molecular weight is 500 g/mol. The molecule has 0 saturated carbocycles. The summed E-state index contributed by atoms with van der Waals surface area (Å²) in [5.74, 6) is 0.238. The third-order valence-corrected chi connectivity index (χ3v) is 6.34. The van der Waals surface area contributed by atoms with E-state index in [0.717, 1.165) is 17.3 Å². The summed E-state index contributed by atoms with van der Waals surface area (Å²) in [5, 5.41) is 9.40. The molecule has 1 aromatic heterocycles.